The molecule has 0 saturated heterocycles. The Labute approximate surface area is 157 Å². The van der Waals surface area contributed by atoms with Crippen molar-refractivity contribution >= 4 is 23.0 Å². The molecule has 0 N–H and O–H groups in total. The van der Waals surface area contributed by atoms with Gasteiger partial charge in [0.25, 0.3) is 11.4 Å². The topological polar surface area (TPSA) is 95.5 Å². The van der Waals surface area contributed by atoms with Crippen molar-refractivity contribution in [1.29, 1.82) is 0 Å². The molecule has 0 aliphatic carbocycles. The number of hydrogen-bond donors (Lipinski definition) is 0. The second kappa shape index (κ2) is 9.25. The minimum absolute atomic E-state index is 0.0356. The molecule has 3 aromatic rings. The molecule has 0 fully saturated rings. The first kappa shape index (κ1) is 19.8. The lowest BCUT2D eigenvalue weighted by atomic mass is 10.3. The molecule has 0 bridgehead atoms. The predicted octanol–water partition coefficient (Wildman–Crippen LogP) is 5.77. The number of nitrogens with zero attached hydrogens (tertiary/aromatic N) is 2. The van der Waals surface area contributed by atoms with Crippen LogP contribution >= 0.6 is 11.6 Å². The number of nitro benzene ring substituents is 2. The maximum absolute atomic E-state index is 12.1. The van der Waals surface area contributed by atoms with Gasteiger partial charge >= 0.3 is 0 Å². The average Bonchev–Trinajstić information content (AvgIpc) is 2.65. The molecule has 3 aromatic carbocycles. The maximum Gasteiger partial charge on any atom is 0.269 e. The van der Waals surface area contributed by atoms with Crippen LogP contribution in [0.15, 0.2) is 72.8 Å². The zero-order chi connectivity index (χ0) is 19.8. The first-order valence-electron chi connectivity index (χ1n) is 7.43. The highest BCUT2D eigenvalue weighted by Crippen LogP contribution is 2.24. The smallest absolute Gasteiger partial charge is 0.269 e. The Morgan fingerprint density at radius 1 is 0.704 bits per heavy atom. The molecule has 0 heterocycles. The highest BCUT2D eigenvalue weighted by Gasteiger charge is 2.05. The second-order valence-corrected chi connectivity index (χ2v) is 5.48. The lowest BCUT2D eigenvalue weighted by Gasteiger charge is -2.04. The SMILES string of the molecule is O=[N+]([O-])c1ccc(F)cc1.O=[N+]([O-])c1ccc(Oc2ccc(Cl)cc2)cc1. The Hall–Kier alpha value is -3.52. The summed E-state index contributed by atoms with van der Waals surface area (Å²) < 4.78 is 17.6. The number of hydrogen-bond acceptors (Lipinski definition) is 5. The average molecular weight is 391 g/mol. The fourth-order valence-corrected chi connectivity index (χ4v) is 1.96. The normalized spacial score (nSPS) is 9.70. The minimum atomic E-state index is -0.570. The van der Waals surface area contributed by atoms with Crippen molar-refractivity contribution in [2.45, 2.75) is 0 Å². The van der Waals surface area contributed by atoms with E-state index < -0.39 is 15.7 Å². The zero-order valence-corrected chi connectivity index (χ0v) is 14.4. The molecule has 0 spiro atoms. The molecule has 0 saturated carbocycles. The summed E-state index contributed by atoms with van der Waals surface area (Å²) in [7, 11) is 0. The van der Waals surface area contributed by atoms with Crippen LogP contribution in [-0.2, 0) is 0 Å². The van der Waals surface area contributed by atoms with Gasteiger partial charge in [-0.25, -0.2) is 4.39 Å². The summed E-state index contributed by atoms with van der Waals surface area (Å²) in [5, 5.41) is 21.1. The van der Waals surface area contributed by atoms with Crippen LogP contribution in [0.4, 0.5) is 15.8 Å². The van der Waals surface area contributed by atoms with Crippen LogP contribution in [0.2, 0.25) is 5.02 Å². The molecule has 7 nitrogen and oxygen atoms in total. The van der Waals surface area contributed by atoms with Gasteiger partial charge in [-0.1, -0.05) is 11.6 Å². The number of non-ortho nitro benzene ring substituents is 2. The Morgan fingerprint density at radius 3 is 1.48 bits per heavy atom. The van der Waals surface area contributed by atoms with Gasteiger partial charge in [0.2, 0.25) is 0 Å². The van der Waals surface area contributed by atoms with Crippen molar-refractivity contribution in [3.05, 3.63) is 104 Å². The van der Waals surface area contributed by atoms with E-state index in [1.807, 2.05) is 0 Å². The first-order chi connectivity index (χ1) is 12.8. The van der Waals surface area contributed by atoms with Crippen LogP contribution in [-0.4, -0.2) is 9.85 Å². The van der Waals surface area contributed by atoms with Gasteiger partial charge in [-0.05, 0) is 48.5 Å². The van der Waals surface area contributed by atoms with E-state index in [1.54, 1.807) is 36.4 Å². The molecule has 0 aliphatic heterocycles. The van der Waals surface area contributed by atoms with Crippen LogP contribution in [0, 0.1) is 26.0 Å². The molecule has 0 atom stereocenters. The van der Waals surface area contributed by atoms with Crippen molar-refractivity contribution in [1.82, 2.24) is 0 Å². The highest BCUT2D eigenvalue weighted by atomic mass is 35.5. The third kappa shape index (κ3) is 6.37. The minimum Gasteiger partial charge on any atom is -0.457 e. The highest BCUT2D eigenvalue weighted by molar-refractivity contribution is 6.30. The molecule has 0 aliphatic rings. The number of nitro groups is 2. The van der Waals surface area contributed by atoms with Gasteiger partial charge in [0.05, 0.1) is 9.85 Å². The van der Waals surface area contributed by atoms with Crippen molar-refractivity contribution in [3.63, 3.8) is 0 Å². The van der Waals surface area contributed by atoms with Crippen LogP contribution < -0.4 is 4.74 Å². The third-order valence-corrected chi connectivity index (χ3v) is 3.39. The number of halogens is 2. The molecule has 0 radical (unpaired) electrons. The number of rotatable bonds is 4. The molecule has 9 heteroatoms. The number of ether oxygens (including phenoxy) is 1. The monoisotopic (exact) mass is 390 g/mol. The second-order valence-electron chi connectivity index (χ2n) is 5.04. The summed E-state index contributed by atoms with van der Waals surface area (Å²) in [5.41, 5.74) is -0.0603. The summed E-state index contributed by atoms with van der Waals surface area (Å²) in [4.78, 5) is 19.4. The lowest BCUT2D eigenvalue weighted by molar-refractivity contribution is -0.385. The third-order valence-electron chi connectivity index (χ3n) is 3.13. The quantitative estimate of drug-likeness (QED) is 0.416. The molecular weight excluding hydrogens is 379 g/mol. The lowest BCUT2D eigenvalue weighted by Crippen LogP contribution is -1.88. The molecule has 0 unspecified atom stereocenters. The zero-order valence-electron chi connectivity index (χ0n) is 13.6. The Balaban J connectivity index is 0.000000223. The Bertz CT molecular complexity index is 916. The van der Waals surface area contributed by atoms with Crippen molar-refractivity contribution in [2.75, 3.05) is 0 Å². The van der Waals surface area contributed by atoms with Gasteiger partial charge in [-0.2, -0.15) is 0 Å². The fraction of sp³-hybridized carbons (Fsp3) is 0. The van der Waals surface area contributed by atoms with Gasteiger partial charge < -0.3 is 4.74 Å². The van der Waals surface area contributed by atoms with Gasteiger partial charge in [0.15, 0.2) is 0 Å². The van der Waals surface area contributed by atoms with E-state index in [1.165, 1.54) is 12.1 Å². The summed E-state index contributed by atoms with van der Waals surface area (Å²) in [6, 6.07) is 17.1. The first-order valence-corrected chi connectivity index (χ1v) is 7.81. The molecular formula is C18H12ClFN2O5. The van der Waals surface area contributed by atoms with Crippen LogP contribution in [0.1, 0.15) is 0 Å². The van der Waals surface area contributed by atoms with E-state index in [2.05, 4.69) is 0 Å². The Morgan fingerprint density at radius 2 is 1.07 bits per heavy atom. The summed E-state index contributed by atoms with van der Waals surface area (Å²) in [6.07, 6.45) is 0. The van der Waals surface area contributed by atoms with E-state index in [-0.39, 0.29) is 11.4 Å². The standard InChI is InChI=1S/C12H8ClNO3.C6H4FNO2/c13-9-1-5-11(6-2-9)17-12-7-3-10(4-8-12)14(15)16;7-5-1-3-6(4-2-5)8(9)10/h1-8H;1-4H. The fourth-order valence-electron chi connectivity index (χ4n) is 1.84. The van der Waals surface area contributed by atoms with Crippen LogP contribution in [0.3, 0.4) is 0 Å². The van der Waals surface area contributed by atoms with Gasteiger partial charge in [0.1, 0.15) is 17.3 Å². The van der Waals surface area contributed by atoms with E-state index in [4.69, 9.17) is 16.3 Å². The van der Waals surface area contributed by atoms with Crippen molar-refractivity contribution < 1.29 is 19.0 Å². The summed E-state index contributed by atoms with van der Waals surface area (Å²) in [6.45, 7) is 0. The van der Waals surface area contributed by atoms with Crippen molar-refractivity contribution in [2.24, 2.45) is 0 Å². The van der Waals surface area contributed by atoms with E-state index in [0.29, 0.717) is 16.5 Å². The summed E-state index contributed by atoms with van der Waals surface area (Å²) >= 11 is 5.74. The number of benzene rings is 3. The van der Waals surface area contributed by atoms with Gasteiger partial charge in [-0.15, -0.1) is 0 Å². The Kier molecular flexibility index (Phi) is 6.79. The van der Waals surface area contributed by atoms with E-state index in [0.717, 1.165) is 24.3 Å². The molecule has 3 rings (SSSR count). The van der Waals surface area contributed by atoms with E-state index in [9.17, 15) is 24.6 Å². The largest absolute Gasteiger partial charge is 0.457 e. The molecule has 27 heavy (non-hydrogen) atoms. The van der Waals surface area contributed by atoms with Crippen molar-refractivity contribution in [3.8, 4) is 11.5 Å². The molecule has 0 aromatic heterocycles. The molecule has 0 amide bonds. The maximum atomic E-state index is 12.1. The van der Waals surface area contributed by atoms with Crippen LogP contribution in [0.5, 0.6) is 11.5 Å². The predicted molar refractivity (Wildman–Crippen MR) is 97.7 cm³/mol. The van der Waals surface area contributed by atoms with Crippen LogP contribution in [0.25, 0.3) is 0 Å². The summed E-state index contributed by atoms with van der Waals surface area (Å²) in [5.74, 6) is 0.701. The van der Waals surface area contributed by atoms with Gasteiger partial charge in [0, 0.05) is 29.3 Å². The van der Waals surface area contributed by atoms with Gasteiger partial charge in [-0.3, -0.25) is 20.2 Å². The van der Waals surface area contributed by atoms with E-state index >= 15 is 0 Å². The molecule has 138 valence electrons.